The summed E-state index contributed by atoms with van der Waals surface area (Å²) in [6.07, 6.45) is 3.40. The molecule has 2 heterocycles. The lowest BCUT2D eigenvalue weighted by Crippen LogP contribution is -2.17. The molecule has 0 aromatic carbocycles. The number of hydrogen-bond donors (Lipinski definition) is 1. The minimum atomic E-state index is 0.482. The highest BCUT2D eigenvalue weighted by atomic mass is 15.0. The first kappa shape index (κ1) is 10.6. The fourth-order valence-corrected chi connectivity index (χ4v) is 2.39. The van der Waals surface area contributed by atoms with E-state index in [0.29, 0.717) is 6.04 Å². The lowest BCUT2D eigenvalue weighted by Gasteiger charge is -2.16. The lowest BCUT2D eigenvalue weighted by molar-refractivity contribution is 0.626. The quantitative estimate of drug-likeness (QED) is 0.803. The molecule has 1 N–H and O–H groups in total. The Kier molecular flexibility index (Phi) is 3.00. The summed E-state index contributed by atoms with van der Waals surface area (Å²) < 4.78 is 0. The van der Waals surface area contributed by atoms with E-state index in [0.717, 1.165) is 30.2 Å². The molecule has 1 aliphatic rings. The van der Waals surface area contributed by atoms with Crippen molar-refractivity contribution in [2.45, 2.75) is 46.1 Å². The van der Waals surface area contributed by atoms with Crippen LogP contribution in [0.25, 0.3) is 0 Å². The molecule has 15 heavy (non-hydrogen) atoms. The molecule has 1 unspecified atom stereocenters. The van der Waals surface area contributed by atoms with E-state index in [2.05, 4.69) is 36.1 Å². The Morgan fingerprint density at radius 1 is 1.27 bits per heavy atom. The third-order valence-corrected chi connectivity index (χ3v) is 3.10. The van der Waals surface area contributed by atoms with Crippen LogP contribution in [-0.4, -0.2) is 16.5 Å². The molecule has 1 aromatic rings. The highest BCUT2D eigenvalue weighted by Crippen LogP contribution is 2.26. The minimum absolute atomic E-state index is 0.482. The van der Waals surface area contributed by atoms with E-state index in [1.54, 1.807) is 0 Å². The Hall–Kier alpha value is -0.960. The zero-order valence-electron chi connectivity index (χ0n) is 9.80. The maximum Gasteiger partial charge on any atom is 0.128 e. The third-order valence-electron chi connectivity index (χ3n) is 3.10. The van der Waals surface area contributed by atoms with Crippen LogP contribution >= 0.6 is 0 Å². The SMILES string of the molecule is CCc1nc(C)c(C2CCCN2)c(C)n1. The summed E-state index contributed by atoms with van der Waals surface area (Å²) in [5.74, 6) is 0.965. The van der Waals surface area contributed by atoms with Crippen molar-refractivity contribution in [3.63, 3.8) is 0 Å². The largest absolute Gasteiger partial charge is 0.310 e. The van der Waals surface area contributed by atoms with Crippen molar-refractivity contribution >= 4 is 0 Å². The molecule has 0 aliphatic carbocycles. The highest BCUT2D eigenvalue weighted by Gasteiger charge is 2.21. The van der Waals surface area contributed by atoms with E-state index < -0.39 is 0 Å². The first-order valence-corrected chi connectivity index (χ1v) is 5.79. The van der Waals surface area contributed by atoms with E-state index in [4.69, 9.17) is 0 Å². The molecular formula is C12H19N3. The molecule has 3 nitrogen and oxygen atoms in total. The van der Waals surface area contributed by atoms with Gasteiger partial charge in [-0.1, -0.05) is 6.92 Å². The second-order valence-electron chi connectivity index (χ2n) is 4.23. The Balaban J connectivity index is 2.37. The number of nitrogens with zero attached hydrogens (tertiary/aromatic N) is 2. The van der Waals surface area contributed by atoms with E-state index in [-0.39, 0.29) is 0 Å². The Morgan fingerprint density at radius 2 is 1.93 bits per heavy atom. The zero-order valence-corrected chi connectivity index (χ0v) is 9.80. The molecule has 0 bridgehead atoms. The third kappa shape index (κ3) is 2.02. The summed E-state index contributed by atoms with van der Waals surface area (Å²) in [4.78, 5) is 9.09. The Labute approximate surface area is 91.3 Å². The van der Waals surface area contributed by atoms with Crippen molar-refractivity contribution in [2.75, 3.05) is 6.54 Å². The predicted molar refractivity (Wildman–Crippen MR) is 60.9 cm³/mol. The molecule has 0 saturated carbocycles. The van der Waals surface area contributed by atoms with Gasteiger partial charge in [0.1, 0.15) is 5.82 Å². The number of aromatic nitrogens is 2. The predicted octanol–water partition coefficient (Wildman–Crippen LogP) is 2.08. The van der Waals surface area contributed by atoms with Gasteiger partial charge in [-0.25, -0.2) is 9.97 Å². The summed E-state index contributed by atoms with van der Waals surface area (Å²) in [6.45, 7) is 7.42. The number of hydrogen-bond acceptors (Lipinski definition) is 3. The summed E-state index contributed by atoms with van der Waals surface area (Å²) in [5.41, 5.74) is 3.63. The van der Waals surface area contributed by atoms with E-state index in [1.165, 1.54) is 18.4 Å². The molecule has 0 spiro atoms. The lowest BCUT2D eigenvalue weighted by atomic mass is 10.0. The van der Waals surface area contributed by atoms with Gasteiger partial charge in [-0.3, -0.25) is 0 Å². The van der Waals surface area contributed by atoms with Crippen LogP contribution in [-0.2, 0) is 6.42 Å². The van der Waals surface area contributed by atoms with Crippen molar-refractivity contribution in [3.05, 3.63) is 22.8 Å². The van der Waals surface area contributed by atoms with Crippen LogP contribution in [0, 0.1) is 13.8 Å². The van der Waals surface area contributed by atoms with Crippen LogP contribution in [0.2, 0.25) is 0 Å². The molecule has 1 saturated heterocycles. The van der Waals surface area contributed by atoms with Gasteiger partial charge in [0.05, 0.1) is 0 Å². The first-order chi connectivity index (χ1) is 7.22. The highest BCUT2D eigenvalue weighted by molar-refractivity contribution is 5.28. The van der Waals surface area contributed by atoms with Gasteiger partial charge in [0.2, 0.25) is 0 Å². The maximum atomic E-state index is 4.55. The van der Waals surface area contributed by atoms with Gasteiger partial charge in [-0.05, 0) is 33.2 Å². The van der Waals surface area contributed by atoms with Crippen molar-refractivity contribution in [1.82, 2.24) is 15.3 Å². The topological polar surface area (TPSA) is 37.8 Å². The average Bonchev–Trinajstić information content (AvgIpc) is 2.69. The van der Waals surface area contributed by atoms with E-state index in [1.807, 2.05) is 0 Å². The van der Waals surface area contributed by atoms with Crippen molar-refractivity contribution in [2.24, 2.45) is 0 Å². The van der Waals surface area contributed by atoms with E-state index in [9.17, 15) is 0 Å². The van der Waals surface area contributed by atoms with Crippen molar-refractivity contribution in [1.29, 1.82) is 0 Å². The van der Waals surface area contributed by atoms with Gasteiger partial charge < -0.3 is 5.32 Å². The van der Waals surface area contributed by atoms with Crippen LogP contribution < -0.4 is 5.32 Å². The van der Waals surface area contributed by atoms with Crippen molar-refractivity contribution in [3.8, 4) is 0 Å². The van der Waals surface area contributed by atoms with Gasteiger partial charge in [-0.15, -0.1) is 0 Å². The number of nitrogens with one attached hydrogen (secondary N) is 1. The summed E-state index contributed by atoms with van der Waals surface area (Å²) in [6, 6.07) is 0.482. The molecule has 82 valence electrons. The van der Waals surface area contributed by atoms with Gasteiger partial charge in [0.25, 0.3) is 0 Å². The molecule has 3 heteroatoms. The molecule has 1 aromatic heterocycles. The monoisotopic (exact) mass is 205 g/mol. The fraction of sp³-hybridized carbons (Fsp3) is 0.667. The molecular weight excluding hydrogens is 186 g/mol. The van der Waals surface area contributed by atoms with Crippen molar-refractivity contribution < 1.29 is 0 Å². The van der Waals surface area contributed by atoms with Crippen LogP contribution in [0.15, 0.2) is 0 Å². The summed E-state index contributed by atoms with van der Waals surface area (Å²) >= 11 is 0. The van der Waals surface area contributed by atoms with Gasteiger partial charge >= 0.3 is 0 Å². The van der Waals surface area contributed by atoms with Gasteiger partial charge in [0, 0.05) is 29.4 Å². The van der Waals surface area contributed by atoms with Gasteiger partial charge in [-0.2, -0.15) is 0 Å². The molecule has 1 atom stereocenters. The molecule has 1 aliphatic heterocycles. The average molecular weight is 205 g/mol. The molecule has 0 radical (unpaired) electrons. The standard InChI is InChI=1S/C12H19N3/c1-4-11-14-8(2)12(9(3)15-11)10-6-5-7-13-10/h10,13H,4-7H2,1-3H3. The second-order valence-corrected chi connectivity index (χ2v) is 4.23. The maximum absolute atomic E-state index is 4.55. The fourth-order valence-electron chi connectivity index (χ4n) is 2.39. The van der Waals surface area contributed by atoms with Crippen LogP contribution in [0.5, 0.6) is 0 Å². The molecule has 2 rings (SSSR count). The minimum Gasteiger partial charge on any atom is -0.310 e. The number of aryl methyl sites for hydroxylation is 3. The normalized spacial score (nSPS) is 20.9. The van der Waals surface area contributed by atoms with Crippen LogP contribution in [0.3, 0.4) is 0 Å². The smallest absolute Gasteiger partial charge is 0.128 e. The number of rotatable bonds is 2. The van der Waals surface area contributed by atoms with Crippen LogP contribution in [0.1, 0.15) is 48.6 Å². The Bertz CT molecular complexity index is 331. The zero-order chi connectivity index (χ0) is 10.8. The van der Waals surface area contributed by atoms with E-state index >= 15 is 0 Å². The molecule has 1 fully saturated rings. The summed E-state index contributed by atoms with van der Waals surface area (Å²) in [7, 11) is 0. The summed E-state index contributed by atoms with van der Waals surface area (Å²) in [5, 5.41) is 3.51. The first-order valence-electron chi connectivity index (χ1n) is 5.79. The molecule has 0 amide bonds. The van der Waals surface area contributed by atoms with Gasteiger partial charge in [0.15, 0.2) is 0 Å². The second kappa shape index (κ2) is 4.27. The Morgan fingerprint density at radius 3 is 2.40 bits per heavy atom. The van der Waals surface area contributed by atoms with Crippen LogP contribution in [0.4, 0.5) is 0 Å².